The Balaban J connectivity index is 2.18. The van der Waals surface area contributed by atoms with Gasteiger partial charge in [0, 0.05) is 4.47 Å². The summed E-state index contributed by atoms with van der Waals surface area (Å²) in [7, 11) is 0. The van der Waals surface area contributed by atoms with Crippen LogP contribution in [0.3, 0.4) is 0 Å². The SMILES string of the molecule is Cc1nnc(CNc2c(Br)cccc2C(C)C)s1. The Morgan fingerprint density at radius 1 is 1.33 bits per heavy atom. The lowest BCUT2D eigenvalue weighted by atomic mass is 10.0. The summed E-state index contributed by atoms with van der Waals surface area (Å²) in [6.07, 6.45) is 0. The Kier molecular flexibility index (Phi) is 4.35. The molecule has 0 bridgehead atoms. The van der Waals surface area contributed by atoms with Crippen LogP contribution in [0.15, 0.2) is 22.7 Å². The van der Waals surface area contributed by atoms with E-state index in [2.05, 4.69) is 63.5 Å². The summed E-state index contributed by atoms with van der Waals surface area (Å²) in [6, 6.07) is 6.28. The second kappa shape index (κ2) is 5.80. The summed E-state index contributed by atoms with van der Waals surface area (Å²) in [5, 5.41) is 13.6. The van der Waals surface area contributed by atoms with Gasteiger partial charge in [-0.15, -0.1) is 10.2 Å². The highest BCUT2D eigenvalue weighted by atomic mass is 79.9. The molecule has 1 aromatic heterocycles. The minimum atomic E-state index is 0.487. The van der Waals surface area contributed by atoms with Gasteiger partial charge in [-0.3, -0.25) is 0 Å². The smallest absolute Gasteiger partial charge is 0.136 e. The molecule has 5 heteroatoms. The molecule has 0 saturated heterocycles. The summed E-state index contributed by atoms with van der Waals surface area (Å²) in [4.78, 5) is 0. The fraction of sp³-hybridized carbons (Fsp3) is 0.385. The highest BCUT2D eigenvalue weighted by Crippen LogP contribution is 2.31. The first-order valence-corrected chi connectivity index (χ1v) is 7.50. The molecule has 96 valence electrons. The van der Waals surface area contributed by atoms with Crippen LogP contribution in [0, 0.1) is 6.92 Å². The van der Waals surface area contributed by atoms with Crippen LogP contribution >= 0.6 is 27.3 Å². The summed E-state index contributed by atoms with van der Waals surface area (Å²) >= 11 is 5.23. The molecule has 0 amide bonds. The monoisotopic (exact) mass is 325 g/mol. The maximum Gasteiger partial charge on any atom is 0.136 e. The van der Waals surface area contributed by atoms with Gasteiger partial charge in [-0.25, -0.2) is 0 Å². The number of nitrogens with zero attached hydrogens (tertiary/aromatic N) is 2. The zero-order valence-electron chi connectivity index (χ0n) is 10.7. The average molecular weight is 326 g/mol. The van der Waals surface area contributed by atoms with E-state index in [1.807, 2.05) is 6.92 Å². The van der Waals surface area contributed by atoms with Gasteiger partial charge < -0.3 is 5.32 Å². The molecule has 0 fully saturated rings. The number of hydrogen-bond acceptors (Lipinski definition) is 4. The van der Waals surface area contributed by atoms with E-state index in [4.69, 9.17) is 0 Å². The Hall–Kier alpha value is -0.940. The predicted molar refractivity (Wildman–Crippen MR) is 80.2 cm³/mol. The molecule has 0 spiro atoms. The summed E-state index contributed by atoms with van der Waals surface area (Å²) in [5.74, 6) is 0.487. The second-order valence-corrected chi connectivity index (χ2v) is 6.55. The van der Waals surface area contributed by atoms with Crippen molar-refractivity contribution in [1.82, 2.24) is 10.2 Å². The zero-order chi connectivity index (χ0) is 13.1. The van der Waals surface area contributed by atoms with Gasteiger partial charge >= 0.3 is 0 Å². The normalized spacial score (nSPS) is 10.9. The van der Waals surface area contributed by atoms with Gasteiger partial charge in [0.05, 0.1) is 12.2 Å². The Morgan fingerprint density at radius 3 is 2.72 bits per heavy atom. The standard InChI is InChI=1S/C13H16BrN3S/c1-8(2)10-5-4-6-11(14)13(10)15-7-12-17-16-9(3)18-12/h4-6,8,15H,7H2,1-3H3. The number of para-hydroxylation sites is 1. The minimum Gasteiger partial charge on any atom is -0.377 e. The third-order valence-electron chi connectivity index (χ3n) is 2.65. The lowest BCUT2D eigenvalue weighted by Crippen LogP contribution is -2.04. The van der Waals surface area contributed by atoms with Crippen molar-refractivity contribution in [3.8, 4) is 0 Å². The first-order chi connectivity index (χ1) is 8.58. The van der Waals surface area contributed by atoms with Crippen molar-refractivity contribution in [3.05, 3.63) is 38.3 Å². The lowest BCUT2D eigenvalue weighted by molar-refractivity contribution is 0.863. The number of aryl methyl sites for hydroxylation is 1. The van der Waals surface area contributed by atoms with Crippen LogP contribution in [0.1, 0.15) is 35.3 Å². The second-order valence-electron chi connectivity index (χ2n) is 4.43. The zero-order valence-corrected chi connectivity index (χ0v) is 13.1. The molecular formula is C13H16BrN3S. The Labute approximate surface area is 120 Å². The number of halogens is 1. The molecular weight excluding hydrogens is 310 g/mol. The Morgan fingerprint density at radius 2 is 2.11 bits per heavy atom. The molecule has 0 aliphatic rings. The molecule has 2 rings (SSSR count). The third kappa shape index (κ3) is 3.09. The van der Waals surface area contributed by atoms with Crippen molar-refractivity contribution in [2.75, 3.05) is 5.32 Å². The highest BCUT2D eigenvalue weighted by Gasteiger charge is 2.10. The molecule has 1 heterocycles. The van der Waals surface area contributed by atoms with Gasteiger partial charge in [-0.1, -0.05) is 37.3 Å². The van der Waals surface area contributed by atoms with Gasteiger partial charge in [-0.05, 0) is 40.4 Å². The number of hydrogen-bond donors (Lipinski definition) is 1. The molecule has 1 N–H and O–H groups in total. The molecule has 0 aliphatic heterocycles. The molecule has 18 heavy (non-hydrogen) atoms. The molecule has 0 saturated carbocycles. The number of nitrogens with one attached hydrogen (secondary N) is 1. The van der Waals surface area contributed by atoms with Crippen LogP contribution in [-0.4, -0.2) is 10.2 Å². The van der Waals surface area contributed by atoms with Gasteiger partial charge in [-0.2, -0.15) is 0 Å². The van der Waals surface area contributed by atoms with Crippen LogP contribution in [-0.2, 0) is 6.54 Å². The van der Waals surface area contributed by atoms with Crippen LogP contribution in [0.2, 0.25) is 0 Å². The molecule has 2 aromatic rings. The fourth-order valence-electron chi connectivity index (χ4n) is 1.78. The van der Waals surface area contributed by atoms with E-state index in [1.165, 1.54) is 5.56 Å². The first kappa shape index (κ1) is 13.5. The number of rotatable bonds is 4. The van der Waals surface area contributed by atoms with Crippen molar-refractivity contribution in [3.63, 3.8) is 0 Å². The van der Waals surface area contributed by atoms with E-state index in [-0.39, 0.29) is 0 Å². The van der Waals surface area contributed by atoms with Gasteiger partial charge in [0.2, 0.25) is 0 Å². The number of aromatic nitrogens is 2. The van der Waals surface area contributed by atoms with Gasteiger partial charge in [0.15, 0.2) is 0 Å². The van der Waals surface area contributed by atoms with E-state index in [0.717, 1.165) is 20.2 Å². The quantitative estimate of drug-likeness (QED) is 0.908. The van der Waals surface area contributed by atoms with Crippen molar-refractivity contribution < 1.29 is 0 Å². The molecule has 0 radical (unpaired) electrons. The van der Waals surface area contributed by atoms with E-state index >= 15 is 0 Å². The van der Waals surface area contributed by atoms with Crippen molar-refractivity contribution in [2.45, 2.75) is 33.2 Å². The number of benzene rings is 1. The van der Waals surface area contributed by atoms with Crippen LogP contribution < -0.4 is 5.32 Å². The third-order valence-corrected chi connectivity index (χ3v) is 4.15. The summed E-state index contributed by atoms with van der Waals surface area (Å²) < 4.78 is 1.09. The topological polar surface area (TPSA) is 37.8 Å². The number of anilines is 1. The van der Waals surface area contributed by atoms with Gasteiger partial charge in [0.1, 0.15) is 10.0 Å². The van der Waals surface area contributed by atoms with Gasteiger partial charge in [0.25, 0.3) is 0 Å². The first-order valence-electron chi connectivity index (χ1n) is 5.89. The molecule has 0 aliphatic carbocycles. The molecule has 1 aromatic carbocycles. The minimum absolute atomic E-state index is 0.487. The maximum absolute atomic E-state index is 4.13. The molecule has 3 nitrogen and oxygen atoms in total. The van der Waals surface area contributed by atoms with E-state index in [1.54, 1.807) is 11.3 Å². The van der Waals surface area contributed by atoms with Crippen molar-refractivity contribution in [1.29, 1.82) is 0 Å². The largest absolute Gasteiger partial charge is 0.377 e. The Bertz CT molecular complexity index is 537. The lowest BCUT2D eigenvalue weighted by Gasteiger charge is -2.15. The van der Waals surface area contributed by atoms with Crippen molar-refractivity contribution >= 4 is 33.0 Å². The maximum atomic E-state index is 4.13. The van der Waals surface area contributed by atoms with Crippen LogP contribution in [0.25, 0.3) is 0 Å². The molecule has 0 unspecified atom stereocenters. The summed E-state index contributed by atoms with van der Waals surface area (Å²) in [5.41, 5.74) is 2.46. The van der Waals surface area contributed by atoms with E-state index < -0.39 is 0 Å². The average Bonchev–Trinajstić information content (AvgIpc) is 2.73. The van der Waals surface area contributed by atoms with Crippen LogP contribution in [0.4, 0.5) is 5.69 Å². The van der Waals surface area contributed by atoms with Crippen LogP contribution in [0.5, 0.6) is 0 Å². The highest BCUT2D eigenvalue weighted by molar-refractivity contribution is 9.10. The molecule has 0 atom stereocenters. The summed E-state index contributed by atoms with van der Waals surface area (Å²) in [6.45, 7) is 7.08. The fourth-order valence-corrected chi connectivity index (χ4v) is 2.95. The van der Waals surface area contributed by atoms with E-state index in [9.17, 15) is 0 Å². The van der Waals surface area contributed by atoms with E-state index in [0.29, 0.717) is 12.5 Å². The predicted octanol–water partition coefficient (Wildman–Crippen LogP) is 4.34. The van der Waals surface area contributed by atoms with Crippen molar-refractivity contribution in [2.24, 2.45) is 0 Å².